The first-order valence-electron chi connectivity index (χ1n) is 13.1. The molecule has 40 heavy (non-hydrogen) atoms. The number of aliphatic hydroxyl groups is 1. The number of carbonyl (C=O) groups is 1. The van der Waals surface area contributed by atoms with Crippen LogP contribution < -0.4 is 19.2 Å². The second-order valence-corrected chi connectivity index (χ2v) is 13.7. The first-order valence-corrected chi connectivity index (χ1v) is 16.6. The van der Waals surface area contributed by atoms with Gasteiger partial charge in [-0.2, -0.15) is 0 Å². The number of carboxylic acids is 1. The molecular formula is C26H38N4O8S2. The first-order chi connectivity index (χ1) is 18.8. The highest BCUT2D eigenvalue weighted by atomic mass is 32.2. The fourth-order valence-electron chi connectivity index (χ4n) is 4.52. The summed E-state index contributed by atoms with van der Waals surface area (Å²) in [5.41, 5.74) is 1.68. The Hall–Kier alpha value is -3.07. The second-order valence-electron chi connectivity index (χ2n) is 9.92. The Morgan fingerprint density at radius 1 is 1.10 bits per heavy atom. The van der Waals surface area contributed by atoms with Gasteiger partial charge in [-0.15, -0.1) is 0 Å². The van der Waals surface area contributed by atoms with Crippen molar-refractivity contribution in [3.63, 3.8) is 0 Å². The summed E-state index contributed by atoms with van der Waals surface area (Å²) in [6, 6.07) is 11.3. The summed E-state index contributed by atoms with van der Waals surface area (Å²) in [6.45, 7) is 2.94. The van der Waals surface area contributed by atoms with E-state index < -0.39 is 38.7 Å². The fourth-order valence-corrected chi connectivity index (χ4v) is 6.71. The van der Waals surface area contributed by atoms with Crippen LogP contribution in [0.2, 0.25) is 0 Å². The molecule has 2 aromatic rings. The SMILES string of the molecule is CCCCS(=O)(=O)N(CC(=O)O)c1ccc(N2CCC(NC[C@@H](O)c3ccc(O)c(NS(C)(=O)=O)c3)CC2)cc1. The highest BCUT2D eigenvalue weighted by Gasteiger charge is 2.25. The Labute approximate surface area is 235 Å². The van der Waals surface area contributed by atoms with Gasteiger partial charge in [0, 0.05) is 31.4 Å². The summed E-state index contributed by atoms with van der Waals surface area (Å²) < 4.78 is 51.6. The first kappa shape index (κ1) is 31.5. The van der Waals surface area contributed by atoms with Gasteiger partial charge in [0.25, 0.3) is 0 Å². The number of hydrogen-bond donors (Lipinski definition) is 5. The van der Waals surface area contributed by atoms with Crippen molar-refractivity contribution < 1.29 is 36.9 Å². The largest absolute Gasteiger partial charge is 0.506 e. The molecule has 0 unspecified atom stereocenters. The van der Waals surface area contributed by atoms with Crippen LogP contribution in [0.1, 0.15) is 44.3 Å². The number of carboxylic acid groups (broad SMARTS) is 1. The molecule has 14 heteroatoms. The van der Waals surface area contributed by atoms with Gasteiger partial charge in [0.2, 0.25) is 20.0 Å². The number of phenolic OH excluding ortho intramolecular Hbond substituents is 1. The third-order valence-corrected chi connectivity index (χ3v) is 9.08. The number of benzene rings is 2. The van der Waals surface area contributed by atoms with Crippen LogP contribution in [-0.4, -0.2) is 82.4 Å². The zero-order chi connectivity index (χ0) is 29.5. The van der Waals surface area contributed by atoms with E-state index in [0.29, 0.717) is 24.1 Å². The molecule has 1 atom stereocenters. The molecule has 1 fully saturated rings. The molecule has 12 nitrogen and oxygen atoms in total. The van der Waals surface area contributed by atoms with E-state index in [4.69, 9.17) is 0 Å². The van der Waals surface area contributed by atoms with Crippen LogP contribution in [0.4, 0.5) is 17.1 Å². The van der Waals surface area contributed by atoms with Crippen LogP contribution in [0.5, 0.6) is 5.75 Å². The quantitative estimate of drug-likeness (QED) is 0.202. The van der Waals surface area contributed by atoms with E-state index in [0.717, 1.165) is 42.2 Å². The van der Waals surface area contributed by atoms with Crippen LogP contribution in [-0.2, 0) is 24.8 Å². The van der Waals surface area contributed by atoms with E-state index in [1.165, 1.54) is 18.2 Å². The molecule has 0 aliphatic carbocycles. The second kappa shape index (κ2) is 13.5. The number of rotatable bonds is 14. The number of piperidine rings is 1. The highest BCUT2D eigenvalue weighted by Crippen LogP contribution is 2.29. The number of anilines is 3. The third kappa shape index (κ3) is 8.98. The molecule has 0 bridgehead atoms. The summed E-state index contributed by atoms with van der Waals surface area (Å²) in [5, 5.41) is 33.1. The fraction of sp³-hybridized carbons (Fsp3) is 0.500. The van der Waals surface area contributed by atoms with Crippen molar-refractivity contribution in [3.8, 4) is 5.75 Å². The van der Waals surface area contributed by atoms with Crippen molar-refractivity contribution in [1.82, 2.24) is 5.32 Å². The maximum atomic E-state index is 12.7. The van der Waals surface area contributed by atoms with Gasteiger partial charge in [-0.05, 0) is 61.2 Å². The zero-order valence-electron chi connectivity index (χ0n) is 22.7. The van der Waals surface area contributed by atoms with E-state index in [2.05, 4.69) is 14.9 Å². The standard InChI is InChI=1S/C26H38N4O8S2/c1-3-4-15-40(37,38)30(18-26(33)34)22-8-6-21(7-9-22)29-13-11-20(12-14-29)27-17-25(32)19-5-10-24(31)23(16-19)28-39(2,35)36/h5-10,16,20,25,27-28,31-32H,3-4,11-15,17-18H2,1-2H3,(H,33,34)/t25-/m1/s1. The molecular weight excluding hydrogens is 560 g/mol. The van der Waals surface area contributed by atoms with E-state index in [-0.39, 0.29) is 29.8 Å². The number of hydrogen-bond acceptors (Lipinski definition) is 9. The Bertz CT molecular complexity index is 1360. The summed E-state index contributed by atoms with van der Waals surface area (Å²) in [6.07, 6.45) is 2.79. The molecule has 3 rings (SSSR count). The lowest BCUT2D eigenvalue weighted by Gasteiger charge is -2.34. The molecule has 1 aliphatic heterocycles. The number of aliphatic hydroxyl groups excluding tert-OH is 1. The summed E-state index contributed by atoms with van der Waals surface area (Å²) in [7, 11) is -7.34. The Balaban J connectivity index is 1.56. The normalized spacial score (nSPS) is 15.5. The highest BCUT2D eigenvalue weighted by molar-refractivity contribution is 7.92. The number of nitrogens with zero attached hydrogens (tertiary/aromatic N) is 2. The van der Waals surface area contributed by atoms with E-state index >= 15 is 0 Å². The number of aliphatic carboxylic acids is 1. The van der Waals surface area contributed by atoms with E-state index in [9.17, 15) is 36.9 Å². The topological polar surface area (TPSA) is 177 Å². The molecule has 2 aromatic carbocycles. The van der Waals surface area contributed by atoms with Crippen molar-refractivity contribution in [2.75, 3.05) is 52.1 Å². The van der Waals surface area contributed by atoms with Crippen molar-refractivity contribution in [2.45, 2.75) is 44.8 Å². The van der Waals surface area contributed by atoms with Gasteiger partial charge in [-0.1, -0.05) is 19.4 Å². The van der Waals surface area contributed by atoms with Gasteiger partial charge >= 0.3 is 5.97 Å². The summed E-state index contributed by atoms with van der Waals surface area (Å²) in [5.74, 6) is -1.57. The smallest absolute Gasteiger partial charge is 0.324 e. The minimum atomic E-state index is -3.76. The van der Waals surface area contributed by atoms with Crippen molar-refractivity contribution >= 4 is 43.1 Å². The van der Waals surface area contributed by atoms with Gasteiger partial charge in [-0.3, -0.25) is 13.8 Å². The number of aromatic hydroxyl groups is 1. The predicted octanol–water partition coefficient (Wildman–Crippen LogP) is 2.08. The average molecular weight is 599 g/mol. The molecule has 1 aliphatic rings. The van der Waals surface area contributed by atoms with Crippen LogP contribution >= 0.6 is 0 Å². The van der Waals surface area contributed by atoms with Crippen LogP contribution in [0.15, 0.2) is 42.5 Å². The van der Waals surface area contributed by atoms with Crippen LogP contribution in [0.3, 0.4) is 0 Å². The molecule has 0 radical (unpaired) electrons. The minimum absolute atomic E-state index is 0.00279. The lowest BCUT2D eigenvalue weighted by Crippen LogP contribution is -2.43. The summed E-state index contributed by atoms with van der Waals surface area (Å²) >= 11 is 0. The van der Waals surface area contributed by atoms with Gasteiger partial charge in [0.1, 0.15) is 12.3 Å². The summed E-state index contributed by atoms with van der Waals surface area (Å²) in [4.78, 5) is 13.5. The van der Waals surface area contributed by atoms with Crippen molar-refractivity contribution in [2.24, 2.45) is 0 Å². The van der Waals surface area contributed by atoms with Crippen LogP contribution in [0.25, 0.3) is 0 Å². The Morgan fingerprint density at radius 2 is 1.75 bits per heavy atom. The van der Waals surface area contributed by atoms with Crippen molar-refractivity contribution in [3.05, 3.63) is 48.0 Å². The average Bonchev–Trinajstić information content (AvgIpc) is 2.90. The Kier molecular flexibility index (Phi) is 10.6. The molecule has 222 valence electrons. The molecule has 1 heterocycles. The molecule has 0 saturated carbocycles. The lowest BCUT2D eigenvalue weighted by atomic mass is 10.0. The third-order valence-electron chi connectivity index (χ3n) is 6.67. The number of sulfonamides is 2. The maximum Gasteiger partial charge on any atom is 0.324 e. The zero-order valence-corrected chi connectivity index (χ0v) is 24.3. The lowest BCUT2D eigenvalue weighted by molar-refractivity contribution is -0.135. The molecule has 0 spiro atoms. The Morgan fingerprint density at radius 3 is 2.33 bits per heavy atom. The molecule has 0 amide bonds. The van der Waals surface area contributed by atoms with Gasteiger partial charge < -0.3 is 25.5 Å². The number of phenols is 1. The van der Waals surface area contributed by atoms with E-state index in [1.807, 2.05) is 6.92 Å². The minimum Gasteiger partial charge on any atom is -0.506 e. The predicted molar refractivity (Wildman–Crippen MR) is 155 cm³/mol. The maximum absolute atomic E-state index is 12.7. The van der Waals surface area contributed by atoms with Gasteiger partial charge in [0.15, 0.2) is 0 Å². The molecule has 5 N–H and O–H groups in total. The van der Waals surface area contributed by atoms with Crippen LogP contribution in [0, 0.1) is 0 Å². The number of nitrogens with one attached hydrogen (secondary N) is 2. The molecule has 0 aromatic heterocycles. The monoisotopic (exact) mass is 598 g/mol. The van der Waals surface area contributed by atoms with Crippen molar-refractivity contribution in [1.29, 1.82) is 0 Å². The number of unbranched alkanes of at least 4 members (excludes halogenated alkanes) is 1. The van der Waals surface area contributed by atoms with E-state index in [1.54, 1.807) is 24.3 Å². The molecule has 1 saturated heterocycles. The van der Waals surface area contributed by atoms with Gasteiger partial charge in [0.05, 0.1) is 29.5 Å². The van der Waals surface area contributed by atoms with Gasteiger partial charge in [-0.25, -0.2) is 16.8 Å².